The molecule has 2 N–H and O–H groups in total. The Bertz CT molecular complexity index is 511. The summed E-state index contributed by atoms with van der Waals surface area (Å²) in [5.41, 5.74) is 0.950. The quantitative estimate of drug-likeness (QED) is 0.819. The molecule has 4 heteroatoms. The van der Waals surface area contributed by atoms with Crippen LogP contribution < -0.4 is 10.6 Å². The first-order chi connectivity index (χ1) is 10.4. The standard InChI is InChI=1S/C18H28N2O2/c1-11-5-6-15(12(2)7-11)22-10-18(3,4)20-17(21)16-13-8-19-9-14(13)16/h5-6,11,13-14,16,19H,7-10H2,1-4H3,(H,20,21)/t11-,13-,14+,16?/m1/s1. The zero-order valence-corrected chi connectivity index (χ0v) is 14.1. The Morgan fingerprint density at radius 1 is 1.41 bits per heavy atom. The molecule has 0 aromatic heterocycles. The zero-order chi connectivity index (χ0) is 15.9. The molecule has 1 aliphatic heterocycles. The van der Waals surface area contributed by atoms with Crippen LogP contribution in [0.2, 0.25) is 0 Å². The van der Waals surface area contributed by atoms with Crippen molar-refractivity contribution >= 4 is 5.91 Å². The van der Waals surface area contributed by atoms with Crippen LogP contribution in [0.25, 0.3) is 0 Å². The van der Waals surface area contributed by atoms with Gasteiger partial charge in [-0.3, -0.25) is 4.79 Å². The van der Waals surface area contributed by atoms with Gasteiger partial charge in [-0.15, -0.1) is 0 Å². The molecular formula is C18H28N2O2. The van der Waals surface area contributed by atoms with Crippen LogP contribution in [-0.4, -0.2) is 31.1 Å². The maximum absolute atomic E-state index is 12.4. The fourth-order valence-corrected chi connectivity index (χ4v) is 3.74. The molecule has 1 saturated carbocycles. The van der Waals surface area contributed by atoms with E-state index in [-0.39, 0.29) is 17.4 Å². The summed E-state index contributed by atoms with van der Waals surface area (Å²) in [6.07, 6.45) is 5.31. The minimum Gasteiger partial charge on any atom is -0.491 e. The van der Waals surface area contributed by atoms with Crippen LogP contribution in [0, 0.1) is 23.7 Å². The van der Waals surface area contributed by atoms with Crippen LogP contribution in [0.4, 0.5) is 0 Å². The van der Waals surface area contributed by atoms with Crippen LogP contribution in [0.15, 0.2) is 23.5 Å². The lowest BCUT2D eigenvalue weighted by molar-refractivity contribution is -0.125. The largest absolute Gasteiger partial charge is 0.491 e. The van der Waals surface area contributed by atoms with Gasteiger partial charge in [-0.05, 0) is 69.7 Å². The Hall–Kier alpha value is -1.29. The Kier molecular flexibility index (Phi) is 4.06. The second kappa shape index (κ2) is 5.73. The summed E-state index contributed by atoms with van der Waals surface area (Å²) in [6.45, 7) is 10.9. The summed E-state index contributed by atoms with van der Waals surface area (Å²) < 4.78 is 5.97. The SMILES string of the molecule is CC1=C(OCC(C)(C)NC(=O)C2[C@H]3CNC[C@@H]23)C=C[C@@H](C)C1. The smallest absolute Gasteiger partial charge is 0.224 e. The fraction of sp³-hybridized carbons (Fsp3) is 0.722. The number of amides is 1. The van der Waals surface area contributed by atoms with E-state index < -0.39 is 0 Å². The molecule has 4 nitrogen and oxygen atoms in total. The van der Waals surface area contributed by atoms with Gasteiger partial charge in [0, 0.05) is 5.92 Å². The number of carbonyl (C=O) groups excluding carboxylic acids is 1. The first kappa shape index (κ1) is 15.6. The van der Waals surface area contributed by atoms with Crippen molar-refractivity contribution in [3.8, 4) is 0 Å². The molecule has 1 unspecified atom stereocenters. The van der Waals surface area contributed by atoms with Crippen LogP contribution >= 0.6 is 0 Å². The molecule has 22 heavy (non-hydrogen) atoms. The van der Waals surface area contributed by atoms with Gasteiger partial charge in [0.1, 0.15) is 12.4 Å². The van der Waals surface area contributed by atoms with Crippen molar-refractivity contribution in [3.63, 3.8) is 0 Å². The number of fused-ring (bicyclic) bond motifs is 1. The average Bonchev–Trinajstić information content (AvgIpc) is 2.91. The molecule has 1 amide bonds. The number of nitrogens with one attached hydrogen (secondary N) is 2. The lowest BCUT2D eigenvalue weighted by Gasteiger charge is -2.28. The van der Waals surface area contributed by atoms with Gasteiger partial charge < -0.3 is 15.4 Å². The number of rotatable bonds is 5. The highest BCUT2D eigenvalue weighted by molar-refractivity contribution is 5.83. The Balaban J connectivity index is 1.50. The highest BCUT2D eigenvalue weighted by atomic mass is 16.5. The Morgan fingerprint density at radius 3 is 2.73 bits per heavy atom. The fourth-order valence-electron chi connectivity index (χ4n) is 3.74. The van der Waals surface area contributed by atoms with Gasteiger partial charge in [-0.1, -0.05) is 13.0 Å². The van der Waals surface area contributed by atoms with Crippen molar-refractivity contribution in [3.05, 3.63) is 23.5 Å². The molecule has 3 aliphatic rings. The second-order valence-corrected chi connectivity index (χ2v) is 7.86. The van der Waals surface area contributed by atoms with E-state index in [1.807, 2.05) is 13.8 Å². The molecule has 0 radical (unpaired) electrons. The zero-order valence-electron chi connectivity index (χ0n) is 14.1. The maximum atomic E-state index is 12.4. The van der Waals surface area contributed by atoms with Gasteiger partial charge in [-0.25, -0.2) is 0 Å². The highest BCUT2D eigenvalue weighted by Gasteiger charge is 2.57. The summed E-state index contributed by atoms with van der Waals surface area (Å²) in [5, 5.41) is 6.50. The molecule has 0 bridgehead atoms. The molecule has 3 rings (SSSR count). The van der Waals surface area contributed by atoms with Gasteiger partial charge in [0.05, 0.1) is 5.54 Å². The maximum Gasteiger partial charge on any atom is 0.224 e. The number of piperidine rings is 1. The minimum atomic E-state index is -0.342. The molecule has 122 valence electrons. The van der Waals surface area contributed by atoms with E-state index in [1.165, 1.54) is 5.57 Å². The Morgan fingerprint density at radius 2 is 2.09 bits per heavy atom. The predicted octanol–water partition coefficient (Wildman–Crippen LogP) is 2.23. The van der Waals surface area contributed by atoms with Gasteiger partial charge in [-0.2, -0.15) is 0 Å². The first-order valence-corrected chi connectivity index (χ1v) is 8.41. The predicted molar refractivity (Wildman–Crippen MR) is 87.1 cm³/mol. The van der Waals surface area contributed by atoms with E-state index in [1.54, 1.807) is 0 Å². The van der Waals surface area contributed by atoms with E-state index in [0.29, 0.717) is 24.4 Å². The van der Waals surface area contributed by atoms with Crippen LogP contribution in [0.5, 0.6) is 0 Å². The van der Waals surface area contributed by atoms with Gasteiger partial charge in [0.25, 0.3) is 0 Å². The van der Waals surface area contributed by atoms with Gasteiger partial charge in [0.2, 0.25) is 5.91 Å². The number of hydrogen-bond donors (Lipinski definition) is 2. The highest BCUT2D eigenvalue weighted by Crippen LogP contribution is 2.48. The third kappa shape index (κ3) is 3.22. The normalized spacial score (nSPS) is 33.6. The van der Waals surface area contributed by atoms with Crippen molar-refractivity contribution < 1.29 is 9.53 Å². The molecule has 2 aliphatic carbocycles. The summed E-state index contributed by atoms with van der Waals surface area (Å²) in [5.74, 6) is 3.09. The number of hydrogen-bond acceptors (Lipinski definition) is 3. The lowest BCUT2D eigenvalue weighted by atomic mass is 9.96. The Labute approximate surface area is 133 Å². The molecule has 2 fully saturated rings. The van der Waals surface area contributed by atoms with E-state index >= 15 is 0 Å². The van der Waals surface area contributed by atoms with Crippen molar-refractivity contribution in [2.24, 2.45) is 23.7 Å². The number of allylic oxidation sites excluding steroid dienone is 3. The summed E-state index contributed by atoms with van der Waals surface area (Å²) in [7, 11) is 0. The summed E-state index contributed by atoms with van der Waals surface area (Å²) in [4.78, 5) is 12.4. The van der Waals surface area contributed by atoms with Gasteiger partial charge in [0.15, 0.2) is 0 Å². The number of ether oxygens (including phenoxy) is 1. The number of carbonyl (C=O) groups is 1. The molecule has 1 saturated heterocycles. The monoisotopic (exact) mass is 304 g/mol. The molecule has 4 atom stereocenters. The topological polar surface area (TPSA) is 50.4 Å². The van der Waals surface area contributed by atoms with Crippen molar-refractivity contribution in [2.45, 2.75) is 39.7 Å². The van der Waals surface area contributed by atoms with E-state index in [9.17, 15) is 4.79 Å². The first-order valence-electron chi connectivity index (χ1n) is 8.41. The van der Waals surface area contributed by atoms with Crippen LogP contribution in [-0.2, 0) is 9.53 Å². The third-order valence-electron chi connectivity index (χ3n) is 5.07. The van der Waals surface area contributed by atoms with Crippen LogP contribution in [0.1, 0.15) is 34.1 Å². The van der Waals surface area contributed by atoms with Crippen molar-refractivity contribution in [1.29, 1.82) is 0 Å². The van der Waals surface area contributed by atoms with Crippen LogP contribution in [0.3, 0.4) is 0 Å². The van der Waals surface area contributed by atoms with E-state index in [0.717, 1.165) is 25.3 Å². The van der Waals surface area contributed by atoms with Crippen molar-refractivity contribution in [1.82, 2.24) is 10.6 Å². The lowest BCUT2D eigenvalue weighted by Crippen LogP contribution is -2.48. The molecule has 0 spiro atoms. The van der Waals surface area contributed by atoms with Gasteiger partial charge >= 0.3 is 0 Å². The molecule has 0 aromatic rings. The van der Waals surface area contributed by atoms with E-state index in [2.05, 4.69) is 36.6 Å². The molecule has 1 heterocycles. The second-order valence-electron chi connectivity index (χ2n) is 7.86. The van der Waals surface area contributed by atoms with Crippen molar-refractivity contribution in [2.75, 3.05) is 19.7 Å². The summed E-state index contributed by atoms with van der Waals surface area (Å²) in [6, 6.07) is 0. The third-order valence-corrected chi connectivity index (χ3v) is 5.07. The van der Waals surface area contributed by atoms with E-state index in [4.69, 9.17) is 4.74 Å². The average molecular weight is 304 g/mol. The minimum absolute atomic E-state index is 0.198. The summed E-state index contributed by atoms with van der Waals surface area (Å²) >= 11 is 0. The molecular weight excluding hydrogens is 276 g/mol. The molecule has 0 aromatic carbocycles.